The van der Waals surface area contributed by atoms with E-state index >= 15 is 0 Å². The fourth-order valence-electron chi connectivity index (χ4n) is 1.34. The number of rotatable bonds is 0. The van der Waals surface area contributed by atoms with Crippen LogP contribution in [0.4, 0.5) is 0 Å². The molecule has 2 heterocycles. The first-order valence-corrected chi connectivity index (χ1v) is 4.57. The zero-order valence-corrected chi connectivity index (χ0v) is 6.49. The molecule has 0 radical (unpaired) electrons. The molecule has 0 saturated carbocycles. The molecule has 1 amide bonds. The van der Waals surface area contributed by atoms with Crippen molar-refractivity contribution in [1.29, 1.82) is 0 Å². The van der Waals surface area contributed by atoms with E-state index in [0.717, 1.165) is 25.3 Å². The largest absolute Gasteiger partial charge is 0.317 e. The van der Waals surface area contributed by atoms with Crippen LogP contribution in [0.3, 0.4) is 0 Å². The lowest BCUT2D eigenvalue weighted by Crippen LogP contribution is -2.41. The van der Waals surface area contributed by atoms with Crippen LogP contribution in [0, 0.1) is 0 Å². The summed E-state index contributed by atoms with van der Waals surface area (Å²) >= 11 is 1.83. The van der Waals surface area contributed by atoms with Gasteiger partial charge < -0.3 is 4.90 Å². The average Bonchev–Trinajstić information content (AvgIpc) is 2.36. The second kappa shape index (κ2) is 2.43. The summed E-state index contributed by atoms with van der Waals surface area (Å²) in [6.45, 7) is 1.86. The van der Waals surface area contributed by atoms with E-state index in [0.29, 0.717) is 11.4 Å². The van der Waals surface area contributed by atoms with E-state index in [1.807, 2.05) is 16.7 Å². The Morgan fingerprint density at radius 1 is 1.70 bits per heavy atom. The monoisotopic (exact) mass is 158 g/mol. The maximum absolute atomic E-state index is 11.1. The van der Waals surface area contributed by atoms with Crippen LogP contribution in [-0.2, 0) is 4.79 Å². The maximum atomic E-state index is 11.1. The molecule has 0 bridgehead atoms. The summed E-state index contributed by atoms with van der Waals surface area (Å²) in [5, 5.41) is 3.26. The molecule has 10 heavy (non-hydrogen) atoms. The van der Waals surface area contributed by atoms with Crippen molar-refractivity contribution in [2.45, 2.75) is 11.9 Å². The lowest BCUT2D eigenvalue weighted by molar-refractivity contribution is -0.130. The highest BCUT2D eigenvalue weighted by atomic mass is 32.2. The third-order valence-electron chi connectivity index (χ3n) is 1.87. The van der Waals surface area contributed by atoms with Gasteiger partial charge in [0.2, 0.25) is 5.91 Å². The molecule has 1 N–H and O–H groups in total. The zero-order valence-electron chi connectivity index (χ0n) is 5.67. The number of hydrogen-bond donors (Lipinski definition) is 1. The first-order valence-electron chi connectivity index (χ1n) is 3.52. The van der Waals surface area contributed by atoms with E-state index in [-0.39, 0.29) is 0 Å². The number of carbonyl (C=O) groups is 1. The van der Waals surface area contributed by atoms with Gasteiger partial charge in [-0.3, -0.25) is 10.1 Å². The number of hydrogen-bond acceptors (Lipinski definition) is 3. The van der Waals surface area contributed by atoms with Gasteiger partial charge >= 0.3 is 0 Å². The van der Waals surface area contributed by atoms with E-state index in [9.17, 15) is 4.79 Å². The molecule has 0 spiro atoms. The zero-order chi connectivity index (χ0) is 6.97. The van der Waals surface area contributed by atoms with Crippen LogP contribution in [0.1, 0.15) is 6.42 Å². The number of thioether (sulfide) groups is 1. The van der Waals surface area contributed by atoms with Crippen molar-refractivity contribution < 1.29 is 4.79 Å². The highest BCUT2D eigenvalue weighted by Gasteiger charge is 2.31. The molecule has 3 nitrogen and oxygen atoms in total. The lowest BCUT2D eigenvalue weighted by atomic mass is 10.4. The lowest BCUT2D eigenvalue weighted by Gasteiger charge is -2.27. The molecule has 0 aromatic heterocycles. The Hall–Kier alpha value is -0.220. The van der Waals surface area contributed by atoms with Crippen LogP contribution in [0.2, 0.25) is 0 Å². The summed E-state index contributed by atoms with van der Waals surface area (Å²) < 4.78 is 0. The summed E-state index contributed by atoms with van der Waals surface area (Å²) in [6, 6.07) is 0. The number of carbonyl (C=O) groups excluding carboxylic acids is 1. The Morgan fingerprint density at radius 3 is 3.40 bits per heavy atom. The first kappa shape index (κ1) is 6.49. The minimum Gasteiger partial charge on any atom is -0.317 e. The molecule has 1 unspecified atom stereocenters. The topological polar surface area (TPSA) is 32.3 Å². The quantitative estimate of drug-likeness (QED) is 0.531. The fourth-order valence-corrected chi connectivity index (χ4v) is 2.50. The molecular formula is C6H10N2OS. The molecule has 4 heteroatoms. The van der Waals surface area contributed by atoms with E-state index < -0.39 is 0 Å². The van der Waals surface area contributed by atoms with Crippen molar-refractivity contribution >= 4 is 17.7 Å². The Kier molecular flexibility index (Phi) is 1.58. The molecular weight excluding hydrogens is 148 g/mol. The van der Waals surface area contributed by atoms with Gasteiger partial charge in [0, 0.05) is 25.3 Å². The van der Waals surface area contributed by atoms with Gasteiger partial charge in [-0.2, -0.15) is 0 Å². The summed E-state index contributed by atoms with van der Waals surface area (Å²) in [7, 11) is 0. The van der Waals surface area contributed by atoms with Crippen LogP contribution in [0.15, 0.2) is 0 Å². The van der Waals surface area contributed by atoms with Crippen LogP contribution in [0.25, 0.3) is 0 Å². The maximum Gasteiger partial charge on any atom is 0.225 e. The second-order valence-corrected chi connectivity index (χ2v) is 3.70. The second-order valence-electron chi connectivity index (χ2n) is 2.51. The molecule has 1 atom stereocenters. The van der Waals surface area contributed by atoms with Crippen LogP contribution >= 0.6 is 11.8 Å². The van der Waals surface area contributed by atoms with Gasteiger partial charge in [0.05, 0.1) is 0 Å². The molecule has 0 aliphatic carbocycles. The molecule has 0 aromatic carbocycles. The number of amides is 1. The van der Waals surface area contributed by atoms with Crippen LogP contribution < -0.4 is 5.32 Å². The highest BCUT2D eigenvalue weighted by Crippen LogP contribution is 2.23. The normalized spacial score (nSPS) is 32.6. The third-order valence-corrected chi connectivity index (χ3v) is 3.04. The van der Waals surface area contributed by atoms with E-state index in [1.165, 1.54) is 0 Å². The molecule has 2 rings (SSSR count). The van der Waals surface area contributed by atoms with Crippen LogP contribution in [0.5, 0.6) is 0 Å². The van der Waals surface area contributed by atoms with Crippen LogP contribution in [-0.4, -0.2) is 35.1 Å². The first-order chi connectivity index (χ1) is 4.88. The van der Waals surface area contributed by atoms with Crippen molar-refractivity contribution in [3.63, 3.8) is 0 Å². The number of nitrogens with one attached hydrogen (secondary N) is 1. The smallest absolute Gasteiger partial charge is 0.225 e. The van der Waals surface area contributed by atoms with Crippen molar-refractivity contribution in [1.82, 2.24) is 10.2 Å². The molecule has 2 aliphatic rings. The molecule has 2 aliphatic heterocycles. The predicted octanol–water partition coefficient (Wildman–Crippen LogP) is -0.161. The van der Waals surface area contributed by atoms with Gasteiger partial charge in [0.1, 0.15) is 5.50 Å². The standard InChI is InChI=1S/C6H10N2OS/c9-5-1-4-10-6-7-2-3-8(5)6/h6-7H,1-4H2. The van der Waals surface area contributed by atoms with E-state index in [4.69, 9.17) is 0 Å². The van der Waals surface area contributed by atoms with E-state index in [2.05, 4.69) is 5.32 Å². The molecule has 56 valence electrons. The third kappa shape index (κ3) is 0.914. The Morgan fingerprint density at radius 2 is 2.60 bits per heavy atom. The van der Waals surface area contributed by atoms with Crippen molar-refractivity contribution in [2.75, 3.05) is 18.8 Å². The minimum atomic E-state index is 0.293. The Labute approximate surface area is 64.1 Å². The predicted molar refractivity (Wildman–Crippen MR) is 40.6 cm³/mol. The Balaban J connectivity index is 2.10. The molecule has 0 aromatic rings. The highest BCUT2D eigenvalue weighted by molar-refractivity contribution is 7.99. The summed E-state index contributed by atoms with van der Waals surface area (Å²) in [5.41, 5.74) is 0.293. The van der Waals surface area contributed by atoms with Gasteiger partial charge in [-0.05, 0) is 0 Å². The van der Waals surface area contributed by atoms with Gasteiger partial charge in [-0.15, -0.1) is 11.8 Å². The summed E-state index contributed by atoms with van der Waals surface area (Å²) in [4.78, 5) is 13.1. The van der Waals surface area contributed by atoms with Gasteiger partial charge in [0.25, 0.3) is 0 Å². The summed E-state index contributed by atoms with van der Waals surface area (Å²) in [5.74, 6) is 1.29. The van der Waals surface area contributed by atoms with Crippen molar-refractivity contribution in [2.24, 2.45) is 0 Å². The van der Waals surface area contributed by atoms with Gasteiger partial charge in [-0.1, -0.05) is 0 Å². The van der Waals surface area contributed by atoms with E-state index in [1.54, 1.807) is 0 Å². The Bertz CT molecular complexity index is 162. The molecule has 2 saturated heterocycles. The summed E-state index contributed by atoms with van der Waals surface area (Å²) in [6.07, 6.45) is 0.725. The molecule has 2 fully saturated rings. The number of nitrogens with zero attached hydrogens (tertiary/aromatic N) is 1. The average molecular weight is 158 g/mol. The van der Waals surface area contributed by atoms with Crippen molar-refractivity contribution in [3.8, 4) is 0 Å². The van der Waals surface area contributed by atoms with Crippen molar-refractivity contribution in [3.05, 3.63) is 0 Å². The minimum absolute atomic E-state index is 0.293. The van der Waals surface area contributed by atoms with Gasteiger partial charge in [-0.25, -0.2) is 0 Å². The number of fused-ring (bicyclic) bond motifs is 1. The van der Waals surface area contributed by atoms with Gasteiger partial charge in [0.15, 0.2) is 0 Å². The SMILES string of the molecule is O=C1CCSC2NCCN12. The fraction of sp³-hybridized carbons (Fsp3) is 0.833.